The lowest BCUT2D eigenvalue weighted by Gasteiger charge is -2.41. The van der Waals surface area contributed by atoms with Gasteiger partial charge in [-0.3, -0.25) is 0 Å². The zero-order valence-electron chi connectivity index (χ0n) is 13.4. The molecule has 0 saturated carbocycles. The second-order valence-electron chi connectivity index (χ2n) is 7.31. The van der Waals surface area contributed by atoms with Crippen LogP contribution in [0.5, 0.6) is 0 Å². The Morgan fingerprint density at radius 1 is 0.708 bits per heavy atom. The molecule has 0 N–H and O–H groups in total. The molecular formula is C24H18. The zero-order chi connectivity index (χ0) is 15.7. The van der Waals surface area contributed by atoms with Gasteiger partial charge in [0.05, 0.1) is 0 Å². The molecule has 3 atom stereocenters. The van der Waals surface area contributed by atoms with Gasteiger partial charge in [-0.1, -0.05) is 78.9 Å². The molecular weight excluding hydrogens is 288 g/mol. The summed E-state index contributed by atoms with van der Waals surface area (Å²) in [4.78, 5) is 0. The molecule has 0 bridgehead atoms. The number of rotatable bonds is 0. The first-order chi connectivity index (χ1) is 11.9. The molecule has 3 aromatic carbocycles. The minimum Gasteiger partial charge on any atom is -0.0805 e. The first-order valence-electron chi connectivity index (χ1n) is 8.91. The van der Waals surface area contributed by atoms with Gasteiger partial charge in [0.1, 0.15) is 0 Å². The second-order valence-corrected chi connectivity index (χ2v) is 7.31. The normalized spacial score (nSPS) is 25.4. The van der Waals surface area contributed by atoms with Gasteiger partial charge in [0.2, 0.25) is 0 Å². The van der Waals surface area contributed by atoms with Gasteiger partial charge >= 0.3 is 0 Å². The molecule has 3 aliphatic rings. The highest BCUT2D eigenvalue weighted by molar-refractivity contribution is 6.03. The van der Waals surface area contributed by atoms with Crippen LogP contribution in [0.3, 0.4) is 0 Å². The van der Waals surface area contributed by atoms with Crippen molar-refractivity contribution < 1.29 is 0 Å². The summed E-state index contributed by atoms with van der Waals surface area (Å²) in [7, 11) is 0. The Morgan fingerprint density at radius 3 is 2.58 bits per heavy atom. The van der Waals surface area contributed by atoms with Crippen molar-refractivity contribution in [3.8, 4) is 11.1 Å². The summed E-state index contributed by atoms with van der Waals surface area (Å²) in [6, 6.07) is 20.5. The van der Waals surface area contributed by atoms with Crippen LogP contribution < -0.4 is 0 Å². The van der Waals surface area contributed by atoms with Crippen LogP contribution in [0.1, 0.15) is 34.9 Å². The highest BCUT2D eigenvalue weighted by Gasteiger charge is 2.38. The molecule has 0 aromatic heterocycles. The van der Waals surface area contributed by atoms with E-state index in [4.69, 9.17) is 0 Å². The van der Waals surface area contributed by atoms with Crippen LogP contribution in [0, 0.1) is 5.92 Å². The van der Waals surface area contributed by atoms with E-state index in [9.17, 15) is 0 Å². The summed E-state index contributed by atoms with van der Waals surface area (Å²) in [6.45, 7) is 0. The maximum atomic E-state index is 2.42. The van der Waals surface area contributed by atoms with Gasteiger partial charge < -0.3 is 0 Å². The van der Waals surface area contributed by atoms with E-state index in [0.29, 0.717) is 17.8 Å². The molecule has 24 heavy (non-hydrogen) atoms. The predicted molar refractivity (Wildman–Crippen MR) is 100 cm³/mol. The van der Waals surface area contributed by atoms with Crippen LogP contribution in [0.15, 0.2) is 78.9 Å². The van der Waals surface area contributed by atoms with Gasteiger partial charge in [-0.05, 0) is 50.9 Å². The molecule has 0 fully saturated rings. The van der Waals surface area contributed by atoms with Crippen LogP contribution in [-0.2, 0) is 0 Å². The van der Waals surface area contributed by atoms with E-state index in [1.807, 2.05) is 0 Å². The van der Waals surface area contributed by atoms with Crippen LogP contribution >= 0.6 is 0 Å². The predicted octanol–water partition coefficient (Wildman–Crippen LogP) is 6.18. The smallest absolute Gasteiger partial charge is 0.0111 e. The molecule has 0 nitrogen and oxygen atoms in total. The van der Waals surface area contributed by atoms with E-state index in [2.05, 4.69) is 78.9 Å². The van der Waals surface area contributed by atoms with Crippen LogP contribution in [0.2, 0.25) is 0 Å². The van der Waals surface area contributed by atoms with Gasteiger partial charge in [-0.15, -0.1) is 0 Å². The number of benzene rings is 3. The molecule has 3 aliphatic carbocycles. The third-order valence-corrected chi connectivity index (χ3v) is 6.21. The summed E-state index contributed by atoms with van der Waals surface area (Å²) in [5.41, 5.74) is 7.53. The highest BCUT2D eigenvalue weighted by Crippen LogP contribution is 2.55. The third-order valence-electron chi connectivity index (χ3n) is 6.21. The first-order valence-corrected chi connectivity index (χ1v) is 8.91. The fourth-order valence-corrected chi connectivity index (χ4v) is 5.25. The Morgan fingerprint density at radius 2 is 1.58 bits per heavy atom. The van der Waals surface area contributed by atoms with E-state index in [0.717, 1.165) is 0 Å². The molecule has 114 valence electrons. The zero-order valence-corrected chi connectivity index (χ0v) is 13.4. The number of allylic oxidation sites excluding steroid dienone is 4. The molecule has 3 aromatic rings. The molecule has 6 rings (SSSR count). The summed E-state index contributed by atoms with van der Waals surface area (Å²) in [5, 5.41) is 2.89. The number of hydrogen-bond acceptors (Lipinski definition) is 0. The quantitative estimate of drug-likeness (QED) is 0.465. The Kier molecular flexibility index (Phi) is 2.38. The number of fused-ring (bicyclic) bond motifs is 5. The summed E-state index contributed by atoms with van der Waals surface area (Å²) in [5.74, 6) is 1.71. The van der Waals surface area contributed by atoms with Gasteiger partial charge in [0, 0.05) is 11.8 Å². The maximum Gasteiger partial charge on any atom is 0.0111 e. The molecule has 0 heterocycles. The fourth-order valence-electron chi connectivity index (χ4n) is 5.25. The molecule has 0 aliphatic heterocycles. The summed E-state index contributed by atoms with van der Waals surface area (Å²) in [6.07, 6.45) is 10.5. The Bertz CT molecular complexity index is 1050. The molecule has 0 spiro atoms. The molecule has 0 saturated heterocycles. The van der Waals surface area contributed by atoms with Crippen molar-refractivity contribution in [3.63, 3.8) is 0 Å². The average Bonchev–Trinajstić information content (AvgIpc) is 2.66. The lowest BCUT2D eigenvalue weighted by Crippen LogP contribution is -2.25. The van der Waals surface area contributed by atoms with Crippen molar-refractivity contribution in [2.45, 2.75) is 18.3 Å². The second kappa shape index (κ2) is 4.48. The monoisotopic (exact) mass is 306 g/mol. The third kappa shape index (κ3) is 1.49. The maximum absolute atomic E-state index is 2.42. The van der Waals surface area contributed by atoms with Crippen molar-refractivity contribution in [1.29, 1.82) is 0 Å². The molecule has 0 heteroatoms. The Balaban J connectivity index is 1.79. The Hall–Kier alpha value is -2.60. The largest absolute Gasteiger partial charge is 0.0805 e. The van der Waals surface area contributed by atoms with Crippen molar-refractivity contribution in [2.24, 2.45) is 5.92 Å². The average molecular weight is 306 g/mol. The lowest BCUT2D eigenvalue weighted by molar-refractivity contribution is 0.465. The number of hydrogen-bond donors (Lipinski definition) is 0. The van der Waals surface area contributed by atoms with E-state index >= 15 is 0 Å². The standard InChI is InChI=1S/C24H18/c1-2-8-17-16(6-1)14-22-19-10-4-3-9-18(19)20-11-5-7-15-12-13-21(17)24(22)23(15)20/h1-13,16-17,22H,14H2. The van der Waals surface area contributed by atoms with E-state index in [1.165, 1.54) is 33.9 Å². The van der Waals surface area contributed by atoms with Crippen LogP contribution in [0.4, 0.5) is 0 Å². The van der Waals surface area contributed by atoms with Crippen molar-refractivity contribution in [1.82, 2.24) is 0 Å². The van der Waals surface area contributed by atoms with E-state index in [-0.39, 0.29) is 0 Å². The molecule has 0 radical (unpaired) electrons. The SMILES string of the molecule is C1=CC2CC3c4ccccc4-c4cccc5ccc(c3c45)C2C=C1. The Labute approximate surface area is 142 Å². The van der Waals surface area contributed by atoms with Crippen molar-refractivity contribution in [2.75, 3.05) is 0 Å². The summed E-state index contributed by atoms with van der Waals surface area (Å²) >= 11 is 0. The molecule has 3 unspecified atom stereocenters. The topological polar surface area (TPSA) is 0 Å². The van der Waals surface area contributed by atoms with Crippen molar-refractivity contribution in [3.05, 3.63) is 95.6 Å². The van der Waals surface area contributed by atoms with Crippen molar-refractivity contribution >= 4 is 10.8 Å². The minimum absolute atomic E-state index is 0.534. The van der Waals surface area contributed by atoms with Crippen LogP contribution in [-0.4, -0.2) is 0 Å². The van der Waals surface area contributed by atoms with E-state index < -0.39 is 0 Å². The van der Waals surface area contributed by atoms with Gasteiger partial charge in [-0.2, -0.15) is 0 Å². The summed E-state index contributed by atoms with van der Waals surface area (Å²) < 4.78 is 0. The minimum atomic E-state index is 0.534. The van der Waals surface area contributed by atoms with Gasteiger partial charge in [-0.25, -0.2) is 0 Å². The van der Waals surface area contributed by atoms with Crippen LogP contribution in [0.25, 0.3) is 21.9 Å². The lowest BCUT2D eigenvalue weighted by atomic mass is 9.63. The fraction of sp³-hybridized carbons (Fsp3) is 0.167. The van der Waals surface area contributed by atoms with E-state index in [1.54, 1.807) is 11.1 Å². The van der Waals surface area contributed by atoms with Gasteiger partial charge in [0.15, 0.2) is 0 Å². The first kappa shape index (κ1) is 12.8. The van der Waals surface area contributed by atoms with Gasteiger partial charge in [0.25, 0.3) is 0 Å². The molecule has 0 amide bonds. The highest BCUT2D eigenvalue weighted by atomic mass is 14.4.